The van der Waals surface area contributed by atoms with Gasteiger partial charge in [0.1, 0.15) is 0 Å². The van der Waals surface area contributed by atoms with Gasteiger partial charge in [-0.2, -0.15) is 10.1 Å². The molecule has 0 bridgehead atoms. The molecule has 8 nitrogen and oxygen atoms in total. The Labute approximate surface area is 185 Å². The van der Waals surface area contributed by atoms with Crippen LogP contribution in [0, 0.1) is 13.8 Å². The van der Waals surface area contributed by atoms with Crippen molar-refractivity contribution in [1.29, 1.82) is 0 Å². The molecule has 3 rings (SSSR count). The fourth-order valence-electron chi connectivity index (χ4n) is 2.70. The summed E-state index contributed by atoms with van der Waals surface area (Å²) < 4.78 is 7.17. The molecule has 2 aromatic heterocycles. The van der Waals surface area contributed by atoms with E-state index in [4.69, 9.17) is 16.1 Å². The number of halogens is 2. The molecule has 0 aliphatic heterocycles. The predicted molar refractivity (Wildman–Crippen MR) is 120 cm³/mol. The Bertz CT molecular complexity index is 967. The van der Waals surface area contributed by atoms with Crippen LogP contribution in [0.3, 0.4) is 0 Å². The van der Waals surface area contributed by atoms with Crippen LogP contribution in [0.2, 0.25) is 5.02 Å². The van der Waals surface area contributed by atoms with E-state index in [2.05, 4.69) is 30.9 Å². The van der Waals surface area contributed by atoms with Gasteiger partial charge in [0.15, 0.2) is 5.96 Å². The molecular formula is C18H23ClIN7O. The lowest BCUT2D eigenvalue weighted by Crippen LogP contribution is -2.36. The quantitative estimate of drug-likeness (QED) is 0.308. The first kappa shape index (κ1) is 22.2. The Morgan fingerprint density at radius 2 is 2.00 bits per heavy atom. The zero-order valence-corrected chi connectivity index (χ0v) is 19.2. The van der Waals surface area contributed by atoms with Crippen LogP contribution in [0.15, 0.2) is 33.8 Å². The molecule has 0 unspecified atom stereocenters. The van der Waals surface area contributed by atoms with Gasteiger partial charge in [0.25, 0.3) is 0 Å². The lowest BCUT2D eigenvalue weighted by molar-refractivity contribution is 0.375. The van der Waals surface area contributed by atoms with Crippen molar-refractivity contribution in [2.45, 2.75) is 26.9 Å². The first-order chi connectivity index (χ1) is 13.0. The van der Waals surface area contributed by atoms with Crippen LogP contribution in [-0.4, -0.2) is 32.9 Å². The number of hydrogen-bond donors (Lipinski definition) is 2. The summed E-state index contributed by atoms with van der Waals surface area (Å²) in [5.74, 6) is 1.60. The third kappa shape index (κ3) is 5.22. The maximum absolute atomic E-state index is 6.00. The minimum Gasteiger partial charge on any atom is -0.352 e. The number of aromatic nitrogens is 4. The number of benzene rings is 1. The van der Waals surface area contributed by atoms with E-state index in [0.29, 0.717) is 35.8 Å². The second-order valence-corrected chi connectivity index (χ2v) is 6.51. The van der Waals surface area contributed by atoms with E-state index in [1.54, 1.807) is 19.2 Å². The van der Waals surface area contributed by atoms with Crippen LogP contribution in [0.25, 0.3) is 11.4 Å². The highest BCUT2D eigenvalue weighted by atomic mass is 127. The van der Waals surface area contributed by atoms with Crippen molar-refractivity contribution in [3.05, 3.63) is 52.1 Å². The number of aryl methyl sites for hydroxylation is 2. The maximum Gasteiger partial charge on any atom is 0.246 e. The highest BCUT2D eigenvalue weighted by Crippen LogP contribution is 2.19. The lowest BCUT2D eigenvalue weighted by Gasteiger charge is -2.10. The van der Waals surface area contributed by atoms with Gasteiger partial charge < -0.3 is 15.2 Å². The Morgan fingerprint density at radius 3 is 2.64 bits per heavy atom. The Morgan fingerprint density at radius 1 is 1.25 bits per heavy atom. The van der Waals surface area contributed by atoms with Gasteiger partial charge in [0, 0.05) is 42.5 Å². The van der Waals surface area contributed by atoms with Crippen LogP contribution in [0.5, 0.6) is 0 Å². The molecule has 0 spiro atoms. The van der Waals surface area contributed by atoms with Gasteiger partial charge in [-0.3, -0.25) is 9.67 Å². The summed E-state index contributed by atoms with van der Waals surface area (Å²) in [6.07, 6.45) is 0. The van der Waals surface area contributed by atoms with Crippen LogP contribution in [0.1, 0.15) is 22.8 Å². The van der Waals surface area contributed by atoms with E-state index >= 15 is 0 Å². The largest absolute Gasteiger partial charge is 0.352 e. The fourth-order valence-corrected chi connectivity index (χ4v) is 2.89. The standard InChI is InChI=1S/C18H22ClN7O.HI/c1-11-15(12(2)26(4)24-11)9-21-18(20-3)22-10-16-23-17(25-27-16)13-6-5-7-14(19)8-13;/h5-8H,9-10H2,1-4H3,(H2,20,21,22);1H. The van der Waals surface area contributed by atoms with Crippen molar-refractivity contribution >= 4 is 41.5 Å². The van der Waals surface area contributed by atoms with Crippen molar-refractivity contribution in [2.75, 3.05) is 7.05 Å². The molecule has 0 saturated heterocycles. The number of rotatable bonds is 5. The molecule has 0 aliphatic carbocycles. The molecule has 150 valence electrons. The molecule has 2 heterocycles. The molecule has 10 heteroatoms. The molecule has 2 N–H and O–H groups in total. The van der Waals surface area contributed by atoms with Crippen LogP contribution >= 0.6 is 35.6 Å². The smallest absolute Gasteiger partial charge is 0.246 e. The number of guanidine groups is 1. The zero-order valence-electron chi connectivity index (χ0n) is 16.2. The lowest BCUT2D eigenvalue weighted by atomic mass is 10.2. The summed E-state index contributed by atoms with van der Waals surface area (Å²) in [5.41, 5.74) is 4.09. The van der Waals surface area contributed by atoms with Crippen molar-refractivity contribution in [3.8, 4) is 11.4 Å². The summed E-state index contributed by atoms with van der Waals surface area (Å²) >= 11 is 6.00. The Kier molecular flexibility index (Phi) is 7.81. The number of nitrogens with one attached hydrogen (secondary N) is 2. The van der Waals surface area contributed by atoms with Crippen molar-refractivity contribution in [2.24, 2.45) is 12.0 Å². The number of hydrogen-bond acceptors (Lipinski definition) is 5. The van der Waals surface area contributed by atoms with Crippen LogP contribution < -0.4 is 10.6 Å². The van der Waals surface area contributed by atoms with Gasteiger partial charge in [-0.1, -0.05) is 28.9 Å². The van der Waals surface area contributed by atoms with Crippen molar-refractivity contribution < 1.29 is 4.52 Å². The highest BCUT2D eigenvalue weighted by molar-refractivity contribution is 14.0. The average molecular weight is 516 g/mol. The van der Waals surface area contributed by atoms with Gasteiger partial charge in [-0.15, -0.1) is 24.0 Å². The van der Waals surface area contributed by atoms with E-state index in [1.807, 2.05) is 37.7 Å². The third-order valence-corrected chi connectivity index (χ3v) is 4.51. The average Bonchev–Trinajstić information content (AvgIpc) is 3.21. The molecule has 0 fully saturated rings. The van der Waals surface area contributed by atoms with E-state index < -0.39 is 0 Å². The van der Waals surface area contributed by atoms with Gasteiger partial charge in [0.05, 0.1) is 12.2 Å². The second-order valence-electron chi connectivity index (χ2n) is 6.07. The Hall–Kier alpha value is -2.14. The predicted octanol–water partition coefficient (Wildman–Crippen LogP) is 3.22. The molecule has 3 aromatic rings. The van der Waals surface area contributed by atoms with Crippen LogP contribution in [-0.2, 0) is 20.1 Å². The summed E-state index contributed by atoms with van der Waals surface area (Å²) in [5, 5.41) is 15.5. The second kappa shape index (κ2) is 9.87. The molecule has 0 radical (unpaired) electrons. The van der Waals surface area contributed by atoms with Gasteiger partial charge in [-0.05, 0) is 26.0 Å². The van der Waals surface area contributed by atoms with Gasteiger partial charge in [0.2, 0.25) is 11.7 Å². The minimum atomic E-state index is 0. The summed E-state index contributed by atoms with van der Waals surface area (Å²) in [4.78, 5) is 8.60. The molecule has 0 aliphatic rings. The first-order valence-electron chi connectivity index (χ1n) is 8.50. The van der Waals surface area contributed by atoms with Crippen LogP contribution in [0.4, 0.5) is 0 Å². The normalized spacial score (nSPS) is 11.2. The molecule has 0 atom stereocenters. The van der Waals surface area contributed by atoms with Crippen molar-refractivity contribution in [1.82, 2.24) is 30.6 Å². The molecule has 28 heavy (non-hydrogen) atoms. The molecular weight excluding hydrogens is 493 g/mol. The van der Waals surface area contributed by atoms with Gasteiger partial charge in [-0.25, -0.2) is 0 Å². The molecule has 0 amide bonds. The Balaban J connectivity index is 0.00000280. The number of aliphatic imine (C=N–C) groups is 1. The summed E-state index contributed by atoms with van der Waals surface area (Å²) in [7, 11) is 3.65. The topological polar surface area (TPSA) is 93.2 Å². The minimum absolute atomic E-state index is 0. The first-order valence-corrected chi connectivity index (χ1v) is 8.88. The van der Waals surface area contributed by atoms with E-state index in [-0.39, 0.29) is 24.0 Å². The van der Waals surface area contributed by atoms with E-state index in [0.717, 1.165) is 22.5 Å². The van der Waals surface area contributed by atoms with Crippen molar-refractivity contribution in [3.63, 3.8) is 0 Å². The number of nitrogens with zero attached hydrogens (tertiary/aromatic N) is 5. The molecule has 1 aromatic carbocycles. The SMILES string of the molecule is CN=C(NCc1nc(-c2cccc(Cl)c2)no1)NCc1c(C)nn(C)c1C.I. The zero-order chi connectivity index (χ0) is 19.4. The van der Waals surface area contributed by atoms with E-state index in [1.165, 1.54) is 0 Å². The third-order valence-electron chi connectivity index (χ3n) is 4.27. The monoisotopic (exact) mass is 515 g/mol. The van der Waals surface area contributed by atoms with E-state index in [9.17, 15) is 0 Å². The fraction of sp³-hybridized carbons (Fsp3) is 0.333. The van der Waals surface area contributed by atoms with Gasteiger partial charge >= 0.3 is 0 Å². The summed E-state index contributed by atoms with van der Waals surface area (Å²) in [6, 6.07) is 7.32. The summed E-state index contributed by atoms with van der Waals surface area (Å²) in [6.45, 7) is 5.03. The molecule has 0 saturated carbocycles. The maximum atomic E-state index is 6.00. The highest BCUT2D eigenvalue weighted by Gasteiger charge is 2.12.